The van der Waals surface area contributed by atoms with Crippen LogP contribution in [0.2, 0.25) is 0 Å². The predicted octanol–water partition coefficient (Wildman–Crippen LogP) is 6.69. The molecule has 1 aromatic heterocycles. The van der Waals surface area contributed by atoms with Crippen molar-refractivity contribution in [1.82, 2.24) is 30.3 Å². The highest BCUT2D eigenvalue weighted by Gasteiger charge is 2.27. The maximum Gasteiger partial charge on any atom is 0.488 e. The summed E-state index contributed by atoms with van der Waals surface area (Å²) in [5.74, 6) is 0.104. The lowest BCUT2D eigenvalue weighted by Crippen LogP contribution is -2.33. The second-order valence-corrected chi connectivity index (χ2v) is 18.7. The molecule has 7 aromatic rings. The molecule has 0 aliphatic carbocycles. The molecule has 3 amide bonds. The van der Waals surface area contributed by atoms with E-state index in [1.54, 1.807) is 78.9 Å². The van der Waals surface area contributed by atoms with E-state index in [9.17, 15) is 34.5 Å². The summed E-state index contributed by atoms with van der Waals surface area (Å²) in [6.07, 6.45) is 5.31. The van der Waals surface area contributed by atoms with Crippen LogP contribution in [0.4, 0.5) is 10.5 Å². The van der Waals surface area contributed by atoms with Crippen LogP contribution in [0.15, 0.2) is 127 Å². The molecular weight excluding hydrogens is 976 g/mol. The Morgan fingerprint density at radius 3 is 1.95 bits per heavy atom. The standard InChI is InChI=1S/C58H69B2N7O10/c1-6-11-12-54-62-51-34-40(19-32-55(68)63-76-38-41-13-24-47(25-14-41)59(71)72)18-31-52(51)67(54)36-53(66(9-4)10-5)56-46(35-65(7-2)8-3)21-20-45-33-43(17-30-50(45)56)37-75-58(70)61-49-28-22-44(23-29-49)57(69)64-77-39-42-15-26-48(27-16-42)60(73)74/h13-34,53,71-74H,6-12,35-39H2,1-5H3,(H,61,70)(H,63,68)(H,64,69)/b32-19+. The van der Waals surface area contributed by atoms with E-state index in [0.717, 1.165) is 102 Å². The van der Waals surface area contributed by atoms with Crippen molar-refractivity contribution in [3.05, 3.63) is 172 Å². The van der Waals surface area contributed by atoms with Gasteiger partial charge in [-0.05, 0) is 136 Å². The molecule has 7 rings (SSSR count). The largest absolute Gasteiger partial charge is 0.488 e. The monoisotopic (exact) mass is 1050 g/mol. The van der Waals surface area contributed by atoms with Gasteiger partial charge in [0.25, 0.3) is 11.8 Å². The van der Waals surface area contributed by atoms with Crippen molar-refractivity contribution in [2.45, 2.75) is 92.8 Å². The minimum Gasteiger partial charge on any atom is -0.444 e. The number of benzene rings is 6. The van der Waals surface area contributed by atoms with Crippen LogP contribution in [-0.2, 0) is 58.5 Å². The van der Waals surface area contributed by atoms with Crippen molar-refractivity contribution in [3.8, 4) is 0 Å². The van der Waals surface area contributed by atoms with Crippen LogP contribution >= 0.6 is 0 Å². The summed E-state index contributed by atoms with van der Waals surface area (Å²) in [7, 11) is -3.12. The minimum absolute atomic E-state index is 0.0328. The number of aromatic nitrogens is 2. The number of fused-ring (bicyclic) bond motifs is 2. The zero-order valence-electron chi connectivity index (χ0n) is 44.4. The normalized spacial score (nSPS) is 11.9. The van der Waals surface area contributed by atoms with Crippen LogP contribution in [0.5, 0.6) is 0 Å². The van der Waals surface area contributed by atoms with Crippen LogP contribution in [0.3, 0.4) is 0 Å². The summed E-state index contributed by atoms with van der Waals surface area (Å²) in [6.45, 7) is 16.1. The summed E-state index contributed by atoms with van der Waals surface area (Å²) < 4.78 is 8.10. The van der Waals surface area contributed by atoms with Gasteiger partial charge in [0, 0.05) is 36.8 Å². The number of hydroxylamine groups is 2. The van der Waals surface area contributed by atoms with Crippen molar-refractivity contribution < 1.29 is 48.9 Å². The first-order valence-electron chi connectivity index (χ1n) is 26.3. The minimum atomic E-state index is -1.57. The maximum absolute atomic E-state index is 13.1. The van der Waals surface area contributed by atoms with E-state index in [0.29, 0.717) is 28.7 Å². The molecule has 0 aliphatic rings. The quantitative estimate of drug-likeness (QED) is 0.0163. The van der Waals surface area contributed by atoms with E-state index in [1.165, 1.54) is 17.2 Å². The van der Waals surface area contributed by atoms with Gasteiger partial charge in [-0.15, -0.1) is 0 Å². The summed E-state index contributed by atoms with van der Waals surface area (Å²) >= 11 is 0. The number of ether oxygens (including phenoxy) is 1. The van der Waals surface area contributed by atoms with Gasteiger partial charge in [-0.2, -0.15) is 0 Å². The van der Waals surface area contributed by atoms with Crippen molar-refractivity contribution in [2.75, 3.05) is 31.5 Å². The van der Waals surface area contributed by atoms with E-state index in [4.69, 9.17) is 19.4 Å². The lowest BCUT2D eigenvalue weighted by atomic mass is 9.80. The van der Waals surface area contributed by atoms with E-state index in [-0.39, 0.29) is 25.9 Å². The van der Waals surface area contributed by atoms with E-state index < -0.39 is 32.1 Å². The molecular formula is C58H69B2N7O10. The van der Waals surface area contributed by atoms with Gasteiger partial charge < -0.3 is 29.4 Å². The number of aryl methyl sites for hydroxylation is 1. The number of rotatable bonds is 27. The van der Waals surface area contributed by atoms with E-state index in [2.05, 4.69) is 95.6 Å². The number of amides is 3. The van der Waals surface area contributed by atoms with Gasteiger partial charge in [0.15, 0.2) is 0 Å². The zero-order valence-corrected chi connectivity index (χ0v) is 44.4. The van der Waals surface area contributed by atoms with Crippen molar-refractivity contribution in [1.29, 1.82) is 0 Å². The van der Waals surface area contributed by atoms with Gasteiger partial charge in [-0.1, -0.05) is 120 Å². The van der Waals surface area contributed by atoms with Gasteiger partial charge in [0.05, 0.1) is 30.3 Å². The third-order valence-electron chi connectivity index (χ3n) is 13.6. The fourth-order valence-corrected chi connectivity index (χ4v) is 9.23. The third kappa shape index (κ3) is 15.7. The Labute approximate surface area is 450 Å². The number of unbranched alkanes of at least 4 members (excludes halogenated alkanes) is 1. The fourth-order valence-electron chi connectivity index (χ4n) is 9.23. The highest BCUT2D eigenvalue weighted by Crippen LogP contribution is 2.36. The van der Waals surface area contributed by atoms with Crippen LogP contribution in [-0.4, -0.2) is 97.8 Å². The van der Waals surface area contributed by atoms with E-state index in [1.807, 2.05) is 18.2 Å². The first-order valence-corrected chi connectivity index (χ1v) is 26.3. The maximum atomic E-state index is 13.1. The zero-order chi connectivity index (χ0) is 54.8. The van der Waals surface area contributed by atoms with Crippen LogP contribution < -0.4 is 27.2 Å². The van der Waals surface area contributed by atoms with Crippen molar-refractivity contribution >= 4 is 76.6 Å². The average molecular weight is 1050 g/mol. The number of nitrogens with one attached hydrogen (secondary N) is 3. The molecule has 402 valence electrons. The van der Waals surface area contributed by atoms with Crippen molar-refractivity contribution in [3.63, 3.8) is 0 Å². The van der Waals surface area contributed by atoms with Crippen LogP contribution in [0.1, 0.15) is 103 Å². The Hall–Kier alpha value is -7.19. The predicted molar refractivity (Wildman–Crippen MR) is 302 cm³/mol. The number of hydrogen-bond donors (Lipinski definition) is 7. The molecule has 6 aromatic carbocycles. The molecule has 1 heterocycles. The second kappa shape index (κ2) is 28.3. The Kier molecular flexibility index (Phi) is 21.1. The molecule has 0 fully saturated rings. The lowest BCUT2D eigenvalue weighted by Gasteiger charge is -2.34. The molecule has 0 spiro atoms. The van der Waals surface area contributed by atoms with Crippen molar-refractivity contribution in [2.24, 2.45) is 0 Å². The molecule has 77 heavy (non-hydrogen) atoms. The van der Waals surface area contributed by atoms with Crippen LogP contribution in [0, 0.1) is 0 Å². The third-order valence-corrected chi connectivity index (χ3v) is 13.6. The number of hydrogen-bond acceptors (Lipinski definition) is 13. The average Bonchev–Trinajstić information content (AvgIpc) is 3.85. The number of carbonyl (C=O) groups is 3. The molecule has 17 nitrogen and oxygen atoms in total. The first-order chi connectivity index (χ1) is 37.3. The molecule has 7 N–H and O–H groups in total. The highest BCUT2D eigenvalue weighted by atomic mass is 16.7. The SMILES string of the molecule is CCCCc1nc2cc(/C=C/C(=O)NOCc3ccc(B(O)O)cc3)ccc2n1CC(c1c(CN(CC)CC)ccc2cc(COC(=O)Nc3ccc(C(=O)NOCc4ccc(B(O)O)cc4)cc3)ccc12)N(CC)CC. The smallest absolute Gasteiger partial charge is 0.444 e. The molecule has 0 radical (unpaired) electrons. The molecule has 0 aliphatic heterocycles. The van der Waals surface area contributed by atoms with Gasteiger partial charge in [0.2, 0.25) is 0 Å². The Morgan fingerprint density at radius 1 is 0.701 bits per heavy atom. The summed E-state index contributed by atoms with van der Waals surface area (Å²) in [5.41, 5.74) is 13.8. The van der Waals surface area contributed by atoms with Crippen LogP contribution in [0.25, 0.3) is 27.9 Å². The summed E-state index contributed by atoms with van der Waals surface area (Å²) in [5, 5.41) is 42.2. The molecule has 0 saturated heterocycles. The molecule has 19 heteroatoms. The number of nitrogens with zero attached hydrogens (tertiary/aromatic N) is 4. The summed E-state index contributed by atoms with van der Waals surface area (Å²) in [4.78, 5) is 59.5. The highest BCUT2D eigenvalue weighted by molar-refractivity contribution is 6.58. The first kappa shape index (κ1) is 57.5. The number of carbonyl (C=O) groups excluding carboxylic acids is 3. The Morgan fingerprint density at radius 2 is 1.34 bits per heavy atom. The van der Waals surface area contributed by atoms with Gasteiger partial charge in [-0.25, -0.2) is 20.7 Å². The number of likely N-dealkylation sites (N-methyl/N-ethyl adjacent to an activating group) is 1. The van der Waals surface area contributed by atoms with Gasteiger partial charge in [0.1, 0.15) is 12.4 Å². The molecule has 0 saturated carbocycles. The Balaban J connectivity index is 1.06. The number of imidazole rings is 1. The molecule has 1 atom stereocenters. The van der Waals surface area contributed by atoms with E-state index >= 15 is 0 Å². The molecule has 1 unspecified atom stereocenters. The second-order valence-electron chi connectivity index (χ2n) is 18.7. The van der Waals surface area contributed by atoms with Gasteiger partial charge >= 0.3 is 20.3 Å². The fraction of sp³-hybridized carbons (Fsp3) is 0.310. The lowest BCUT2D eigenvalue weighted by molar-refractivity contribution is -0.129. The Bertz CT molecular complexity index is 3090. The number of anilines is 1. The van der Waals surface area contributed by atoms with Gasteiger partial charge in [-0.3, -0.25) is 34.4 Å². The molecule has 0 bridgehead atoms. The topological polar surface area (TPSA) is 220 Å². The summed E-state index contributed by atoms with van der Waals surface area (Å²) in [6, 6.07) is 36.1.